The predicted octanol–water partition coefficient (Wildman–Crippen LogP) is 0.682. The van der Waals surface area contributed by atoms with Gasteiger partial charge in [-0.15, -0.1) is 0 Å². The van der Waals surface area contributed by atoms with E-state index >= 15 is 0 Å². The van der Waals surface area contributed by atoms with E-state index in [2.05, 4.69) is 0 Å². The van der Waals surface area contributed by atoms with Gasteiger partial charge in [0.25, 0.3) is 5.41 Å². The first kappa shape index (κ1) is 13.0. The number of esters is 1. The minimum atomic E-state index is -1.95. The summed E-state index contributed by atoms with van der Waals surface area (Å²) in [6.07, 6.45) is 5.23. The molecule has 2 rings (SSSR count). The summed E-state index contributed by atoms with van der Waals surface area (Å²) >= 11 is 0. The van der Waals surface area contributed by atoms with Crippen molar-refractivity contribution in [2.45, 2.75) is 12.7 Å². The Morgan fingerprint density at radius 1 is 1.42 bits per heavy atom. The number of fused-ring (bicyclic) bond motifs is 1. The Morgan fingerprint density at radius 3 is 2.68 bits per heavy atom. The molecule has 96 valence electrons. The molecule has 0 saturated heterocycles. The molecule has 1 N–H and O–H groups in total. The molecule has 1 heterocycles. The highest BCUT2D eigenvalue weighted by molar-refractivity contribution is 5.89. The third-order valence-corrected chi connectivity index (χ3v) is 2.75. The molecule has 0 aromatic heterocycles. The quantitative estimate of drug-likeness (QED) is 0.577. The smallest absolute Gasteiger partial charge is 0.350 e. The number of nitrogens with zero attached hydrogens (tertiary/aromatic N) is 2. The second kappa shape index (κ2) is 4.36. The Hall–Kier alpha value is -2.41. The van der Waals surface area contributed by atoms with Crippen LogP contribution in [0.5, 0.6) is 0 Å². The standard InChI is InChI=1S/C13H10N2O4/c1-2-18-13(17)4-3-9-5-12(7-14,8-15)11(16)19-10(9)6-13/h3-6,17H,2H2,1H3. The maximum Gasteiger partial charge on any atom is 0.350 e. The van der Waals surface area contributed by atoms with Gasteiger partial charge in [-0.2, -0.15) is 10.5 Å². The van der Waals surface area contributed by atoms with Crippen molar-refractivity contribution in [1.29, 1.82) is 10.5 Å². The first-order valence-corrected chi connectivity index (χ1v) is 5.55. The molecule has 1 unspecified atom stereocenters. The van der Waals surface area contributed by atoms with Crippen LogP contribution in [0.15, 0.2) is 35.6 Å². The summed E-state index contributed by atoms with van der Waals surface area (Å²) in [6.45, 7) is 1.97. The van der Waals surface area contributed by atoms with Crippen molar-refractivity contribution in [2.75, 3.05) is 6.61 Å². The first-order valence-electron chi connectivity index (χ1n) is 5.55. The second-order valence-corrected chi connectivity index (χ2v) is 4.05. The van der Waals surface area contributed by atoms with E-state index in [4.69, 9.17) is 20.0 Å². The molecule has 0 aromatic carbocycles. The van der Waals surface area contributed by atoms with Crippen molar-refractivity contribution in [3.63, 3.8) is 0 Å². The zero-order valence-electron chi connectivity index (χ0n) is 10.1. The predicted molar refractivity (Wildman–Crippen MR) is 61.6 cm³/mol. The molecule has 0 aromatic rings. The molecule has 0 spiro atoms. The molecule has 0 amide bonds. The second-order valence-electron chi connectivity index (χ2n) is 4.05. The summed E-state index contributed by atoms with van der Waals surface area (Å²) in [7, 11) is 0. The van der Waals surface area contributed by atoms with E-state index in [-0.39, 0.29) is 12.4 Å². The van der Waals surface area contributed by atoms with Gasteiger partial charge < -0.3 is 14.6 Å². The van der Waals surface area contributed by atoms with Crippen LogP contribution in [0.4, 0.5) is 0 Å². The summed E-state index contributed by atoms with van der Waals surface area (Å²) in [5.74, 6) is -2.56. The molecule has 19 heavy (non-hydrogen) atoms. The van der Waals surface area contributed by atoms with Crippen LogP contribution in [0, 0.1) is 28.1 Å². The van der Waals surface area contributed by atoms with Crippen LogP contribution in [0.1, 0.15) is 6.92 Å². The number of nitriles is 2. The normalized spacial score (nSPS) is 27.3. The van der Waals surface area contributed by atoms with Crippen LogP contribution >= 0.6 is 0 Å². The van der Waals surface area contributed by atoms with Gasteiger partial charge in [0.2, 0.25) is 5.79 Å². The van der Waals surface area contributed by atoms with E-state index in [0.717, 1.165) is 0 Å². The van der Waals surface area contributed by atoms with Crippen molar-refractivity contribution in [3.05, 3.63) is 35.6 Å². The minimum absolute atomic E-state index is 0.0737. The molecule has 1 atom stereocenters. The third kappa shape index (κ3) is 2.04. The number of carbonyl (C=O) groups excluding carboxylic acids is 1. The van der Waals surface area contributed by atoms with Crippen molar-refractivity contribution in [1.82, 2.24) is 0 Å². The fourth-order valence-electron chi connectivity index (χ4n) is 1.79. The lowest BCUT2D eigenvalue weighted by atomic mass is 9.85. The maximum atomic E-state index is 11.7. The Kier molecular flexibility index (Phi) is 2.99. The summed E-state index contributed by atoms with van der Waals surface area (Å²) in [4.78, 5) is 11.7. The lowest BCUT2D eigenvalue weighted by Crippen LogP contribution is -2.36. The summed E-state index contributed by atoms with van der Waals surface area (Å²) in [6, 6.07) is 3.26. The number of rotatable bonds is 2. The van der Waals surface area contributed by atoms with Gasteiger partial charge >= 0.3 is 5.97 Å². The fourth-order valence-corrected chi connectivity index (χ4v) is 1.79. The average Bonchev–Trinajstić information content (AvgIpc) is 2.38. The van der Waals surface area contributed by atoms with Gasteiger partial charge in [-0.1, -0.05) is 0 Å². The van der Waals surface area contributed by atoms with Crippen molar-refractivity contribution in [3.8, 4) is 12.1 Å². The number of hydrogen-bond acceptors (Lipinski definition) is 6. The van der Waals surface area contributed by atoms with Crippen LogP contribution in [0.3, 0.4) is 0 Å². The highest BCUT2D eigenvalue weighted by Gasteiger charge is 2.45. The van der Waals surface area contributed by atoms with E-state index in [9.17, 15) is 9.90 Å². The van der Waals surface area contributed by atoms with Gasteiger partial charge in [0.15, 0.2) is 0 Å². The molecule has 0 bridgehead atoms. The highest BCUT2D eigenvalue weighted by Crippen LogP contribution is 2.36. The average molecular weight is 258 g/mol. The molecule has 2 aliphatic rings. The van der Waals surface area contributed by atoms with Crippen LogP contribution in [-0.4, -0.2) is 23.5 Å². The van der Waals surface area contributed by atoms with Crippen LogP contribution < -0.4 is 0 Å². The van der Waals surface area contributed by atoms with E-state index in [1.54, 1.807) is 19.1 Å². The molecular formula is C13H10N2O4. The summed E-state index contributed by atoms with van der Waals surface area (Å²) in [5.41, 5.74) is -1.56. The molecule has 1 aliphatic carbocycles. The van der Waals surface area contributed by atoms with Gasteiger partial charge in [-0.25, -0.2) is 4.79 Å². The van der Waals surface area contributed by atoms with Crippen LogP contribution in [0.2, 0.25) is 0 Å². The molecule has 6 nitrogen and oxygen atoms in total. The van der Waals surface area contributed by atoms with Gasteiger partial charge in [-0.05, 0) is 25.2 Å². The highest BCUT2D eigenvalue weighted by atomic mass is 16.6. The topological polar surface area (TPSA) is 103 Å². The van der Waals surface area contributed by atoms with Gasteiger partial charge in [0.1, 0.15) is 17.9 Å². The number of hydrogen-bond donors (Lipinski definition) is 1. The minimum Gasteiger partial charge on any atom is -0.424 e. The SMILES string of the molecule is CCOC1(O)C=CC2=CC(C#N)(C#N)C(=O)OC2=C1. The van der Waals surface area contributed by atoms with Crippen molar-refractivity contribution >= 4 is 5.97 Å². The van der Waals surface area contributed by atoms with E-state index in [1.165, 1.54) is 24.3 Å². The van der Waals surface area contributed by atoms with Gasteiger partial charge in [-0.3, -0.25) is 0 Å². The van der Waals surface area contributed by atoms with Gasteiger partial charge in [0.05, 0.1) is 0 Å². The number of allylic oxidation sites excluding steroid dienone is 1. The molecule has 1 aliphatic heterocycles. The maximum absolute atomic E-state index is 11.7. The number of aliphatic hydroxyl groups is 1. The zero-order valence-corrected chi connectivity index (χ0v) is 10.1. The van der Waals surface area contributed by atoms with E-state index in [1.807, 2.05) is 0 Å². The molecule has 6 heteroatoms. The summed E-state index contributed by atoms with van der Waals surface area (Å²) < 4.78 is 10.1. The van der Waals surface area contributed by atoms with Crippen molar-refractivity contribution < 1.29 is 19.4 Å². The Bertz CT molecular complexity index is 589. The lowest BCUT2D eigenvalue weighted by molar-refractivity contribution is -0.146. The van der Waals surface area contributed by atoms with E-state index < -0.39 is 17.2 Å². The zero-order chi connectivity index (χ0) is 14.1. The van der Waals surface area contributed by atoms with Crippen LogP contribution in [-0.2, 0) is 14.3 Å². The number of carbonyl (C=O) groups is 1. The Labute approximate surface area is 109 Å². The third-order valence-electron chi connectivity index (χ3n) is 2.75. The Morgan fingerprint density at radius 2 is 2.11 bits per heavy atom. The largest absolute Gasteiger partial charge is 0.424 e. The molecule has 0 saturated carbocycles. The van der Waals surface area contributed by atoms with Crippen LogP contribution in [0.25, 0.3) is 0 Å². The molecule has 0 radical (unpaired) electrons. The fraction of sp³-hybridized carbons (Fsp3) is 0.308. The monoisotopic (exact) mass is 258 g/mol. The van der Waals surface area contributed by atoms with Gasteiger partial charge in [0, 0.05) is 18.3 Å². The van der Waals surface area contributed by atoms with Crippen molar-refractivity contribution in [2.24, 2.45) is 5.41 Å². The Balaban J connectivity index is 2.46. The molecule has 0 fully saturated rings. The lowest BCUT2D eigenvalue weighted by Gasteiger charge is -2.29. The molecular weight excluding hydrogens is 248 g/mol. The first-order chi connectivity index (χ1) is 8.98. The summed E-state index contributed by atoms with van der Waals surface area (Å²) in [5, 5.41) is 27.9. The van der Waals surface area contributed by atoms with E-state index in [0.29, 0.717) is 5.57 Å². The number of ether oxygens (including phenoxy) is 2.